The van der Waals surface area contributed by atoms with Crippen molar-refractivity contribution in [1.29, 1.82) is 0 Å². The van der Waals surface area contributed by atoms with Crippen molar-refractivity contribution in [1.82, 2.24) is 5.32 Å². The molecule has 3 nitrogen and oxygen atoms in total. The average Bonchev–Trinajstić information content (AvgIpc) is 2.25. The first kappa shape index (κ1) is 11.7. The van der Waals surface area contributed by atoms with Crippen molar-refractivity contribution in [2.75, 3.05) is 13.1 Å². The fraction of sp³-hybridized carbons (Fsp3) is 0.364. The molecule has 0 heterocycles. The van der Waals surface area contributed by atoms with Crippen molar-refractivity contribution in [2.45, 2.75) is 12.8 Å². The first-order valence-electron chi connectivity index (χ1n) is 4.94. The highest BCUT2D eigenvalue weighted by Crippen LogP contribution is 2.08. The lowest BCUT2D eigenvalue weighted by atomic mass is 10.1. The Labute approximate surface area is 88.5 Å². The Balaban J connectivity index is 2.37. The van der Waals surface area contributed by atoms with E-state index in [9.17, 15) is 9.18 Å². The van der Waals surface area contributed by atoms with Crippen LogP contribution in [-0.4, -0.2) is 19.0 Å². The van der Waals surface area contributed by atoms with Gasteiger partial charge in [-0.3, -0.25) is 4.79 Å². The lowest BCUT2D eigenvalue weighted by Gasteiger charge is -2.04. The molecule has 0 bridgehead atoms. The summed E-state index contributed by atoms with van der Waals surface area (Å²) in [6.45, 7) is 0.890. The Morgan fingerprint density at radius 2 is 2.13 bits per heavy atom. The SMILES string of the molecule is NCCNC(=O)CCc1ccccc1F. The summed E-state index contributed by atoms with van der Waals surface area (Å²) in [4.78, 5) is 11.2. The van der Waals surface area contributed by atoms with Crippen LogP contribution in [0.5, 0.6) is 0 Å². The maximum atomic E-state index is 13.1. The minimum atomic E-state index is -0.260. The summed E-state index contributed by atoms with van der Waals surface area (Å²) in [7, 11) is 0. The topological polar surface area (TPSA) is 55.1 Å². The van der Waals surface area contributed by atoms with E-state index in [4.69, 9.17) is 5.73 Å². The maximum absolute atomic E-state index is 13.1. The number of carbonyl (C=O) groups excluding carboxylic acids is 1. The van der Waals surface area contributed by atoms with Crippen LogP contribution in [0.1, 0.15) is 12.0 Å². The van der Waals surface area contributed by atoms with Crippen LogP contribution in [0.4, 0.5) is 4.39 Å². The average molecular weight is 210 g/mol. The standard InChI is InChI=1S/C11H15FN2O/c12-10-4-2-1-3-9(10)5-6-11(15)14-8-7-13/h1-4H,5-8,13H2,(H,14,15). The second-order valence-electron chi connectivity index (χ2n) is 3.23. The summed E-state index contributed by atoms with van der Waals surface area (Å²) in [6.07, 6.45) is 0.712. The van der Waals surface area contributed by atoms with Crippen LogP contribution in [0, 0.1) is 5.82 Å². The molecule has 0 atom stereocenters. The van der Waals surface area contributed by atoms with Crippen LogP contribution in [0.15, 0.2) is 24.3 Å². The minimum Gasteiger partial charge on any atom is -0.355 e. The van der Waals surface area contributed by atoms with E-state index in [1.807, 2.05) is 0 Å². The van der Waals surface area contributed by atoms with Crippen LogP contribution >= 0.6 is 0 Å². The Kier molecular flexibility index (Phi) is 4.77. The van der Waals surface area contributed by atoms with Gasteiger partial charge in [-0.2, -0.15) is 0 Å². The van der Waals surface area contributed by atoms with E-state index in [2.05, 4.69) is 5.32 Å². The molecule has 1 aromatic carbocycles. The van der Waals surface area contributed by atoms with Gasteiger partial charge in [-0.15, -0.1) is 0 Å². The molecule has 0 saturated heterocycles. The third-order valence-corrected chi connectivity index (χ3v) is 2.05. The molecule has 82 valence electrons. The number of amides is 1. The van der Waals surface area contributed by atoms with Crippen LogP contribution in [0.2, 0.25) is 0 Å². The summed E-state index contributed by atoms with van der Waals surface area (Å²) in [5, 5.41) is 2.64. The second-order valence-corrected chi connectivity index (χ2v) is 3.23. The van der Waals surface area contributed by atoms with Crippen molar-refractivity contribution in [2.24, 2.45) is 5.73 Å². The number of hydrogen-bond donors (Lipinski definition) is 2. The number of rotatable bonds is 5. The Bertz CT molecular complexity index is 328. The first-order valence-corrected chi connectivity index (χ1v) is 4.94. The van der Waals surface area contributed by atoms with E-state index in [-0.39, 0.29) is 11.7 Å². The summed E-state index contributed by atoms with van der Waals surface area (Å²) < 4.78 is 13.1. The lowest BCUT2D eigenvalue weighted by molar-refractivity contribution is -0.121. The highest BCUT2D eigenvalue weighted by molar-refractivity contribution is 5.76. The summed E-state index contributed by atoms with van der Waals surface area (Å²) >= 11 is 0. The number of halogens is 1. The predicted octanol–water partition coefficient (Wildman–Crippen LogP) is 0.833. The molecule has 1 aromatic rings. The van der Waals surface area contributed by atoms with Gasteiger partial charge < -0.3 is 11.1 Å². The monoisotopic (exact) mass is 210 g/mol. The molecule has 4 heteroatoms. The number of carbonyl (C=O) groups is 1. The summed E-state index contributed by atoms with van der Waals surface area (Å²) in [6, 6.07) is 6.47. The highest BCUT2D eigenvalue weighted by Gasteiger charge is 2.04. The first-order chi connectivity index (χ1) is 7.24. The van der Waals surface area contributed by atoms with Gasteiger partial charge in [0.2, 0.25) is 5.91 Å². The van der Waals surface area contributed by atoms with Gasteiger partial charge in [0.05, 0.1) is 0 Å². The van der Waals surface area contributed by atoms with E-state index in [1.165, 1.54) is 6.07 Å². The van der Waals surface area contributed by atoms with Crippen LogP contribution in [-0.2, 0) is 11.2 Å². The molecule has 0 spiro atoms. The van der Waals surface area contributed by atoms with E-state index in [0.29, 0.717) is 31.5 Å². The normalized spacial score (nSPS) is 10.0. The Morgan fingerprint density at radius 3 is 2.80 bits per heavy atom. The molecule has 0 aliphatic rings. The van der Waals surface area contributed by atoms with Gasteiger partial charge in [0.1, 0.15) is 5.82 Å². The molecule has 0 unspecified atom stereocenters. The van der Waals surface area contributed by atoms with Gasteiger partial charge in [0, 0.05) is 19.5 Å². The largest absolute Gasteiger partial charge is 0.355 e. The van der Waals surface area contributed by atoms with Crippen LogP contribution in [0.25, 0.3) is 0 Å². The van der Waals surface area contributed by atoms with E-state index < -0.39 is 0 Å². The zero-order chi connectivity index (χ0) is 11.1. The molecule has 0 aliphatic heterocycles. The minimum absolute atomic E-state index is 0.0938. The third-order valence-electron chi connectivity index (χ3n) is 2.05. The summed E-state index contributed by atoms with van der Waals surface area (Å²) in [5.41, 5.74) is 5.80. The molecule has 1 rings (SSSR count). The van der Waals surface area contributed by atoms with Crippen LogP contribution < -0.4 is 11.1 Å². The number of benzene rings is 1. The van der Waals surface area contributed by atoms with Crippen molar-refractivity contribution in [3.8, 4) is 0 Å². The maximum Gasteiger partial charge on any atom is 0.220 e. The smallest absolute Gasteiger partial charge is 0.220 e. The predicted molar refractivity (Wildman–Crippen MR) is 56.8 cm³/mol. The number of hydrogen-bond acceptors (Lipinski definition) is 2. The molecular formula is C11H15FN2O. The molecular weight excluding hydrogens is 195 g/mol. The molecule has 15 heavy (non-hydrogen) atoms. The summed E-state index contributed by atoms with van der Waals surface area (Å²) in [5.74, 6) is -0.354. The van der Waals surface area contributed by atoms with E-state index >= 15 is 0 Å². The Morgan fingerprint density at radius 1 is 1.40 bits per heavy atom. The zero-order valence-electron chi connectivity index (χ0n) is 8.50. The number of aryl methyl sites for hydroxylation is 1. The second kappa shape index (κ2) is 6.14. The van der Waals surface area contributed by atoms with Crippen LogP contribution in [0.3, 0.4) is 0 Å². The number of nitrogens with two attached hydrogens (primary N) is 1. The quantitative estimate of drug-likeness (QED) is 0.756. The van der Waals surface area contributed by atoms with Gasteiger partial charge in [-0.1, -0.05) is 18.2 Å². The van der Waals surface area contributed by atoms with Gasteiger partial charge in [-0.25, -0.2) is 4.39 Å². The molecule has 0 saturated carbocycles. The van der Waals surface area contributed by atoms with Gasteiger partial charge >= 0.3 is 0 Å². The highest BCUT2D eigenvalue weighted by atomic mass is 19.1. The van der Waals surface area contributed by atoms with Crippen molar-refractivity contribution in [3.05, 3.63) is 35.6 Å². The van der Waals surface area contributed by atoms with Crippen molar-refractivity contribution in [3.63, 3.8) is 0 Å². The molecule has 0 aliphatic carbocycles. The van der Waals surface area contributed by atoms with E-state index in [1.54, 1.807) is 18.2 Å². The van der Waals surface area contributed by atoms with Gasteiger partial charge in [0.25, 0.3) is 0 Å². The molecule has 1 amide bonds. The van der Waals surface area contributed by atoms with Gasteiger partial charge in [0.15, 0.2) is 0 Å². The molecule has 0 aromatic heterocycles. The van der Waals surface area contributed by atoms with E-state index in [0.717, 1.165) is 0 Å². The number of nitrogens with one attached hydrogen (secondary N) is 1. The molecule has 0 radical (unpaired) electrons. The Hall–Kier alpha value is -1.42. The lowest BCUT2D eigenvalue weighted by Crippen LogP contribution is -2.29. The fourth-order valence-electron chi connectivity index (χ4n) is 1.25. The van der Waals surface area contributed by atoms with Crippen molar-refractivity contribution < 1.29 is 9.18 Å². The fourth-order valence-corrected chi connectivity index (χ4v) is 1.25. The molecule has 0 fully saturated rings. The third kappa shape index (κ3) is 4.08. The van der Waals surface area contributed by atoms with Gasteiger partial charge in [-0.05, 0) is 18.1 Å². The zero-order valence-corrected chi connectivity index (χ0v) is 8.50. The van der Waals surface area contributed by atoms with Crippen molar-refractivity contribution >= 4 is 5.91 Å². The molecule has 3 N–H and O–H groups in total.